The number of piperazine rings is 1. The van der Waals surface area contributed by atoms with Crippen LogP contribution < -0.4 is 5.76 Å². The Kier molecular flexibility index (Phi) is 5.67. The molecule has 7 nitrogen and oxygen atoms in total. The van der Waals surface area contributed by atoms with Crippen molar-refractivity contribution >= 4 is 55.9 Å². The van der Waals surface area contributed by atoms with Gasteiger partial charge in [0.15, 0.2) is 5.58 Å². The molecule has 0 spiro atoms. The number of sulfonamides is 1. The molecule has 1 fully saturated rings. The van der Waals surface area contributed by atoms with Crippen molar-refractivity contribution in [3.8, 4) is 0 Å². The van der Waals surface area contributed by atoms with Crippen molar-refractivity contribution in [1.29, 1.82) is 0 Å². The van der Waals surface area contributed by atoms with Gasteiger partial charge in [0.2, 0.25) is 10.0 Å². The Morgan fingerprint density at radius 2 is 1.59 bits per heavy atom. The zero-order valence-corrected chi connectivity index (χ0v) is 18.1. The van der Waals surface area contributed by atoms with Gasteiger partial charge in [0.25, 0.3) is 0 Å². The maximum atomic E-state index is 12.9. The molecule has 11 heteroatoms. The molecule has 154 valence electrons. The summed E-state index contributed by atoms with van der Waals surface area (Å²) in [6.45, 7) is 1.68. The lowest BCUT2D eigenvalue weighted by Gasteiger charge is -2.34. The van der Waals surface area contributed by atoms with Gasteiger partial charge in [-0.25, -0.2) is 13.2 Å². The molecule has 3 aromatic rings. The first-order valence-corrected chi connectivity index (χ1v) is 11.3. The van der Waals surface area contributed by atoms with Crippen LogP contribution in [0.4, 0.5) is 0 Å². The van der Waals surface area contributed by atoms with E-state index in [0.717, 1.165) is 0 Å². The highest BCUT2D eigenvalue weighted by Gasteiger charge is 2.30. The number of hydrogen-bond donors (Lipinski definition) is 0. The van der Waals surface area contributed by atoms with E-state index in [1.165, 1.54) is 21.0 Å². The fourth-order valence-electron chi connectivity index (χ4n) is 3.29. The fourth-order valence-corrected chi connectivity index (χ4v) is 5.62. The van der Waals surface area contributed by atoms with E-state index in [2.05, 4.69) is 0 Å². The largest absolute Gasteiger partial charge is 0.421 e. The van der Waals surface area contributed by atoms with E-state index < -0.39 is 15.8 Å². The predicted molar refractivity (Wildman–Crippen MR) is 112 cm³/mol. The Labute approximate surface area is 182 Å². The number of rotatable bonds is 4. The molecule has 4 rings (SSSR count). The summed E-state index contributed by atoms with van der Waals surface area (Å²) in [5.74, 6) is -0.483. The minimum absolute atomic E-state index is 0.00759. The van der Waals surface area contributed by atoms with E-state index in [9.17, 15) is 13.2 Å². The Hall–Kier alpha value is -1.55. The van der Waals surface area contributed by atoms with Gasteiger partial charge in [-0.3, -0.25) is 9.47 Å². The molecule has 0 saturated carbocycles. The van der Waals surface area contributed by atoms with E-state index in [0.29, 0.717) is 34.2 Å². The smallest absolute Gasteiger partial charge is 0.408 e. The lowest BCUT2D eigenvalue weighted by molar-refractivity contribution is 0.150. The van der Waals surface area contributed by atoms with E-state index >= 15 is 0 Å². The van der Waals surface area contributed by atoms with Gasteiger partial charge in [0, 0.05) is 36.2 Å². The lowest BCUT2D eigenvalue weighted by Crippen LogP contribution is -2.49. The van der Waals surface area contributed by atoms with Gasteiger partial charge in [-0.05, 0) is 36.4 Å². The highest BCUT2D eigenvalue weighted by Crippen LogP contribution is 2.28. The van der Waals surface area contributed by atoms with Gasteiger partial charge in [0.05, 0.1) is 17.2 Å². The van der Waals surface area contributed by atoms with Gasteiger partial charge in [-0.2, -0.15) is 4.31 Å². The molecular weight excluding hydrogens is 461 g/mol. The van der Waals surface area contributed by atoms with Crippen molar-refractivity contribution in [2.75, 3.05) is 26.2 Å². The predicted octanol–water partition coefficient (Wildman–Crippen LogP) is 3.52. The van der Waals surface area contributed by atoms with Crippen LogP contribution in [0.5, 0.6) is 0 Å². The van der Waals surface area contributed by atoms with Crippen molar-refractivity contribution in [2.45, 2.75) is 11.6 Å². The van der Waals surface area contributed by atoms with Crippen molar-refractivity contribution in [1.82, 2.24) is 13.8 Å². The number of oxazole rings is 1. The molecule has 1 aliphatic rings. The topological polar surface area (TPSA) is 75.8 Å². The minimum Gasteiger partial charge on any atom is -0.408 e. The standard InChI is InChI=1S/C18H16Cl3N3O4S/c19-12-2-4-16-15(9-12)24(18(25)28-16)11-22-5-7-23(8-6-22)29(26,27)17-10-13(20)1-3-14(17)21/h1-4,9-10H,5-8,11H2. The van der Waals surface area contributed by atoms with Gasteiger partial charge < -0.3 is 4.42 Å². The fraction of sp³-hybridized carbons (Fsp3) is 0.278. The van der Waals surface area contributed by atoms with Gasteiger partial charge in [0.1, 0.15) is 4.90 Å². The third-order valence-electron chi connectivity index (χ3n) is 4.81. The first kappa shape index (κ1) is 20.7. The minimum atomic E-state index is -3.76. The number of benzene rings is 2. The molecule has 2 aromatic carbocycles. The third kappa shape index (κ3) is 4.05. The number of fused-ring (bicyclic) bond motifs is 1. The zero-order chi connectivity index (χ0) is 20.8. The van der Waals surface area contributed by atoms with Crippen LogP contribution in [-0.2, 0) is 16.7 Å². The van der Waals surface area contributed by atoms with Crippen LogP contribution in [0.15, 0.2) is 50.5 Å². The summed E-state index contributed by atoms with van der Waals surface area (Å²) in [4.78, 5) is 14.2. The van der Waals surface area contributed by atoms with Crippen LogP contribution in [0.3, 0.4) is 0 Å². The maximum Gasteiger partial charge on any atom is 0.421 e. The maximum absolute atomic E-state index is 12.9. The third-order valence-corrected chi connectivity index (χ3v) is 7.66. The molecule has 0 aliphatic carbocycles. The number of halogens is 3. The Bertz CT molecular complexity index is 1230. The molecule has 0 N–H and O–H groups in total. The van der Waals surface area contributed by atoms with Crippen LogP contribution in [0, 0.1) is 0 Å². The Balaban J connectivity index is 1.50. The van der Waals surface area contributed by atoms with Crippen molar-refractivity contribution in [3.63, 3.8) is 0 Å². The summed E-state index contributed by atoms with van der Waals surface area (Å²) in [6, 6.07) is 9.33. The van der Waals surface area contributed by atoms with E-state index in [-0.39, 0.29) is 29.7 Å². The molecular formula is C18H16Cl3N3O4S. The quantitative estimate of drug-likeness (QED) is 0.576. The van der Waals surface area contributed by atoms with Crippen LogP contribution in [0.25, 0.3) is 11.1 Å². The van der Waals surface area contributed by atoms with E-state index in [1.54, 1.807) is 24.3 Å². The van der Waals surface area contributed by atoms with E-state index in [1.807, 2.05) is 4.90 Å². The van der Waals surface area contributed by atoms with Gasteiger partial charge in [-0.15, -0.1) is 0 Å². The molecule has 29 heavy (non-hydrogen) atoms. The molecule has 0 amide bonds. The second kappa shape index (κ2) is 7.94. The van der Waals surface area contributed by atoms with Gasteiger partial charge in [-0.1, -0.05) is 34.8 Å². The van der Waals surface area contributed by atoms with Crippen LogP contribution in [0.1, 0.15) is 0 Å². The van der Waals surface area contributed by atoms with Crippen molar-refractivity contribution < 1.29 is 12.8 Å². The molecule has 2 heterocycles. The SMILES string of the molecule is O=c1oc2ccc(Cl)cc2n1CN1CCN(S(=O)(=O)c2cc(Cl)ccc2Cl)CC1. The molecule has 0 radical (unpaired) electrons. The average Bonchev–Trinajstić information content (AvgIpc) is 2.99. The summed E-state index contributed by atoms with van der Waals surface area (Å²) < 4.78 is 34.0. The molecule has 0 unspecified atom stereocenters. The summed E-state index contributed by atoms with van der Waals surface area (Å²) >= 11 is 18.0. The average molecular weight is 477 g/mol. The zero-order valence-electron chi connectivity index (χ0n) is 15.0. The van der Waals surface area contributed by atoms with Gasteiger partial charge >= 0.3 is 5.76 Å². The second-order valence-electron chi connectivity index (χ2n) is 6.65. The van der Waals surface area contributed by atoms with Crippen LogP contribution in [0.2, 0.25) is 15.1 Å². The van der Waals surface area contributed by atoms with E-state index in [4.69, 9.17) is 39.2 Å². The summed E-state index contributed by atoms with van der Waals surface area (Å²) in [5, 5.41) is 0.933. The monoisotopic (exact) mass is 475 g/mol. The summed E-state index contributed by atoms with van der Waals surface area (Å²) in [6.07, 6.45) is 0. The number of hydrogen-bond acceptors (Lipinski definition) is 5. The Morgan fingerprint density at radius 3 is 2.31 bits per heavy atom. The lowest BCUT2D eigenvalue weighted by atomic mass is 10.3. The number of aromatic nitrogens is 1. The summed E-state index contributed by atoms with van der Waals surface area (Å²) in [7, 11) is -3.76. The molecule has 0 bridgehead atoms. The van der Waals surface area contributed by atoms with Crippen LogP contribution in [-0.4, -0.2) is 48.4 Å². The first-order chi connectivity index (χ1) is 13.8. The molecule has 1 saturated heterocycles. The molecule has 1 aromatic heterocycles. The highest BCUT2D eigenvalue weighted by molar-refractivity contribution is 7.89. The highest BCUT2D eigenvalue weighted by atomic mass is 35.5. The number of nitrogens with zero attached hydrogens (tertiary/aromatic N) is 3. The van der Waals surface area contributed by atoms with Crippen molar-refractivity contribution in [3.05, 3.63) is 62.0 Å². The molecule has 1 aliphatic heterocycles. The second-order valence-corrected chi connectivity index (χ2v) is 9.83. The Morgan fingerprint density at radius 1 is 0.931 bits per heavy atom. The normalized spacial score (nSPS) is 16.5. The summed E-state index contributed by atoms with van der Waals surface area (Å²) in [5.41, 5.74) is 1.06. The molecule has 0 atom stereocenters. The first-order valence-electron chi connectivity index (χ1n) is 8.72. The van der Waals surface area contributed by atoms with Crippen molar-refractivity contribution in [2.24, 2.45) is 0 Å². The van der Waals surface area contributed by atoms with Crippen LogP contribution >= 0.6 is 34.8 Å².